The molecule has 3 rings (SSSR count). The van der Waals surface area contributed by atoms with E-state index in [9.17, 15) is 16.8 Å². The van der Waals surface area contributed by atoms with Crippen molar-refractivity contribution in [2.75, 3.05) is 26.2 Å². The Bertz CT molecular complexity index is 752. The van der Waals surface area contributed by atoms with Gasteiger partial charge in [-0.15, -0.1) is 0 Å². The first-order valence-corrected chi connectivity index (χ1v) is 11.1. The van der Waals surface area contributed by atoms with E-state index >= 15 is 0 Å². The quantitative estimate of drug-likeness (QED) is 0.832. The van der Waals surface area contributed by atoms with Crippen LogP contribution in [0.15, 0.2) is 34.1 Å². The largest absolute Gasteiger partial charge is 0.326 e. The molecule has 2 fully saturated rings. The Balaban J connectivity index is 1.91. The third kappa shape index (κ3) is 3.36. The molecule has 1 aromatic rings. The van der Waals surface area contributed by atoms with Gasteiger partial charge in [-0.25, -0.2) is 16.8 Å². The van der Waals surface area contributed by atoms with Gasteiger partial charge in [0, 0.05) is 32.2 Å². The Labute approximate surface area is 143 Å². The fraction of sp³-hybridized carbons (Fsp3) is 0.600. The molecule has 0 radical (unpaired) electrons. The van der Waals surface area contributed by atoms with Crippen molar-refractivity contribution >= 4 is 20.0 Å². The van der Waals surface area contributed by atoms with Crippen LogP contribution >= 0.6 is 0 Å². The number of hydrogen-bond donors (Lipinski definition) is 1. The zero-order valence-electron chi connectivity index (χ0n) is 13.5. The Hall–Kier alpha value is -1.00. The van der Waals surface area contributed by atoms with E-state index in [1.165, 1.54) is 32.9 Å². The van der Waals surface area contributed by atoms with Gasteiger partial charge in [-0.1, -0.05) is 12.5 Å². The van der Waals surface area contributed by atoms with E-state index in [-0.39, 0.29) is 22.4 Å². The Morgan fingerprint density at radius 2 is 1.46 bits per heavy atom. The minimum absolute atomic E-state index is 0.00897. The van der Waals surface area contributed by atoms with Gasteiger partial charge in [-0.05, 0) is 37.5 Å². The normalized spacial score (nSPS) is 24.3. The second-order valence-electron chi connectivity index (χ2n) is 6.35. The molecule has 2 N–H and O–H groups in total. The van der Waals surface area contributed by atoms with E-state index in [0.717, 1.165) is 19.3 Å². The first kappa shape index (κ1) is 17.8. The lowest BCUT2D eigenvalue weighted by Gasteiger charge is -2.26. The van der Waals surface area contributed by atoms with Gasteiger partial charge in [-0.2, -0.15) is 8.61 Å². The third-order valence-electron chi connectivity index (χ3n) is 4.58. The number of rotatable bonds is 4. The molecule has 7 nitrogen and oxygen atoms in total. The highest BCUT2D eigenvalue weighted by Gasteiger charge is 2.32. The van der Waals surface area contributed by atoms with Crippen molar-refractivity contribution in [3.8, 4) is 0 Å². The van der Waals surface area contributed by atoms with Crippen LogP contribution in [0.5, 0.6) is 0 Å². The predicted molar refractivity (Wildman–Crippen MR) is 90.4 cm³/mol. The maximum Gasteiger partial charge on any atom is 0.243 e. The Morgan fingerprint density at radius 1 is 0.875 bits per heavy atom. The zero-order chi connectivity index (χ0) is 17.4. The molecule has 0 saturated carbocycles. The van der Waals surface area contributed by atoms with E-state index in [1.807, 2.05) is 0 Å². The first-order chi connectivity index (χ1) is 11.3. The van der Waals surface area contributed by atoms with Crippen molar-refractivity contribution in [1.82, 2.24) is 8.61 Å². The molecule has 2 saturated heterocycles. The SMILES string of the molecule is N[C@@H]1CCN(S(=O)(=O)c2cccc(S(=O)(=O)N3CCCCC3)c2)C1. The molecule has 0 amide bonds. The van der Waals surface area contributed by atoms with E-state index in [2.05, 4.69) is 0 Å². The van der Waals surface area contributed by atoms with Crippen molar-refractivity contribution in [3.63, 3.8) is 0 Å². The molecule has 2 aliphatic heterocycles. The second-order valence-corrected chi connectivity index (χ2v) is 10.2. The number of sulfonamides is 2. The van der Waals surface area contributed by atoms with Gasteiger partial charge >= 0.3 is 0 Å². The lowest BCUT2D eigenvalue weighted by molar-refractivity contribution is 0.346. The van der Waals surface area contributed by atoms with Gasteiger partial charge in [0.05, 0.1) is 9.79 Å². The van der Waals surface area contributed by atoms with Crippen LogP contribution in [0.3, 0.4) is 0 Å². The van der Waals surface area contributed by atoms with Gasteiger partial charge in [0.2, 0.25) is 20.0 Å². The van der Waals surface area contributed by atoms with Gasteiger partial charge in [0.1, 0.15) is 0 Å². The number of hydrogen-bond acceptors (Lipinski definition) is 5. The fourth-order valence-electron chi connectivity index (χ4n) is 3.17. The maximum absolute atomic E-state index is 12.7. The van der Waals surface area contributed by atoms with Crippen LogP contribution in [0.4, 0.5) is 0 Å². The molecule has 24 heavy (non-hydrogen) atoms. The number of nitrogens with zero attached hydrogens (tertiary/aromatic N) is 2. The monoisotopic (exact) mass is 373 g/mol. The summed E-state index contributed by atoms with van der Waals surface area (Å²) in [6, 6.07) is 5.48. The first-order valence-electron chi connectivity index (χ1n) is 8.18. The molecule has 9 heteroatoms. The number of piperidine rings is 1. The molecule has 0 bridgehead atoms. The fourth-order valence-corrected chi connectivity index (χ4v) is 6.37. The Morgan fingerprint density at radius 3 is 2.00 bits per heavy atom. The van der Waals surface area contributed by atoms with Gasteiger partial charge in [0.25, 0.3) is 0 Å². The van der Waals surface area contributed by atoms with Crippen molar-refractivity contribution < 1.29 is 16.8 Å². The molecule has 0 unspecified atom stereocenters. The average molecular weight is 374 g/mol. The van der Waals surface area contributed by atoms with Crippen LogP contribution in [0.2, 0.25) is 0 Å². The molecule has 0 spiro atoms. The maximum atomic E-state index is 12.7. The lowest BCUT2D eigenvalue weighted by Crippen LogP contribution is -2.36. The molecular weight excluding hydrogens is 350 g/mol. The second kappa shape index (κ2) is 6.72. The van der Waals surface area contributed by atoms with Crippen LogP contribution in [0.1, 0.15) is 25.7 Å². The highest BCUT2D eigenvalue weighted by Crippen LogP contribution is 2.25. The van der Waals surface area contributed by atoms with Crippen LogP contribution in [0.25, 0.3) is 0 Å². The summed E-state index contributed by atoms with van der Waals surface area (Å²) >= 11 is 0. The van der Waals surface area contributed by atoms with E-state index < -0.39 is 20.0 Å². The number of nitrogens with two attached hydrogens (primary N) is 1. The molecule has 2 heterocycles. The highest BCUT2D eigenvalue weighted by atomic mass is 32.2. The van der Waals surface area contributed by atoms with E-state index in [1.54, 1.807) is 0 Å². The predicted octanol–water partition coefficient (Wildman–Crippen LogP) is 0.583. The molecule has 1 atom stereocenters. The Kier molecular flexibility index (Phi) is 4.99. The zero-order valence-corrected chi connectivity index (χ0v) is 15.1. The highest BCUT2D eigenvalue weighted by molar-refractivity contribution is 7.90. The number of benzene rings is 1. The van der Waals surface area contributed by atoms with Crippen LogP contribution < -0.4 is 5.73 Å². The van der Waals surface area contributed by atoms with Crippen LogP contribution in [-0.4, -0.2) is 57.7 Å². The summed E-state index contributed by atoms with van der Waals surface area (Å²) in [4.78, 5) is 0.0451. The molecule has 0 aliphatic carbocycles. The van der Waals surface area contributed by atoms with Crippen LogP contribution in [-0.2, 0) is 20.0 Å². The molecular formula is C15H23N3O4S2. The van der Waals surface area contributed by atoms with Crippen molar-refractivity contribution in [2.24, 2.45) is 5.73 Å². The topological polar surface area (TPSA) is 101 Å². The summed E-state index contributed by atoms with van der Waals surface area (Å²) in [5.74, 6) is 0. The smallest absolute Gasteiger partial charge is 0.243 e. The summed E-state index contributed by atoms with van der Waals surface area (Å²) in [7, 11) is -7.37. The summed E-state index contributed by atoms with van der Waals surface area (Å²) in [5, 5.41) is 0. The summed E-state index contributed by atoms with van der Waals surface area (Å²) in [6.45, 7) is 1.61. The summed E-state index contributed by atoms with van der Waals surface area (Å²) in [5.41, 5.74) is 5.79. The molecule has 0 aromatic heterocycles. The van der Waals surface area contributed by atoms with E-state index in [4.69, 9.17) is 5.73 Å². The van der Waals surface area contributed by atoms with Gasteiger partial charge < -0.3 is 5.73 Å². The van der Waals surface area contributed by atoms with Gasteiger partial charge in [-0.3, -0.25) is 0 Å². The third-order valence-corrected chi connectivity index (χ3v) is 8.34. The van der Waals surface area contributed by atoms with Crippen LogP contribution in [0, 0.1) is 0 Å². The summed E-state index contributed by atoms with van der Waals surface area (Å²) in [6.07, 6.45) is 3.31. The summed E-state index contributed by atoms with van der Waals surface area (Å²) < 4.78 is 53.6. The van der Waals surface area contributed by atoms with Crippen molar-refractivity contribution in [3.05, 3.63) is 24.3 Å². The van der Waals surface area contributed by atoms with Crippen molar-refractivity contribution in [1.29, 1.82) is 0 Å². The minimum atomic E-state index is -3.71. The van der Waals surface area contributed by atoms with Gasteiger partial charge in [0.15, 0.2) is 0 Å². The van der Waals surface area contributed by atoms with Crippen molar-refractivity contribution in [2.45, 2.75) is 41.5 Å². The molecule has 2 aliphatic rings. The minimum Gasteiger partial charge on any atom is -0.326 e. The molecule has 134 valence electrons. The average Bonchev–Trinajstić information content (AvgIpc) is 3.03. The standard InChI is InChI=1S/C15H23N3O4S2/c16-13-7-10-18(12-13)24(21,22)15-6-4-5-14(11-15)23(19,20)17-8-2-1-3-9-17/h4-6,11,13H,1-3,7-10,12,16H2/t13-/m1/s1. The molecule has 1 aromatic carbocycles. The lowest BCUT2D eigenvalue weighted by atomic mass is 10.2. The van der Waals surface area contributed by atoms with E-state index in [0.29, 0.717) is 26.1 Å².